The van der Waals surface area contributed by atoms with E-state index in [1.165, 1.54) is 37.5 Å². The molecule has 1 aliphatic heterocycles. The van der Waals surface area contributed by atoms with Crippen LogP contribution in [0.25, 0.3) is 0 Å². The molecule has 1 aromatic heterocycles. The lowest BCUT2D eigenvalue weighted by Crippen LogP contribution is -2.35. The number of amides is 1. The van der Waals surface area contributed by atoms with Gasteiger partial charge in [-0.05, 0) is 30.5 Å². The van der Waals surface area contributed by atoms with Gasteiger partial charge in [0.1, 0.15) is 12.0 Å². The Bertz CT molecular complexity index is 713. The molecule has 2 aliphatic rings. The molecule has 1 aliphatic carbocycles. The second-order valence-electron chi connectivity index (χ2n) is 6.40. The Morgan fingerprint density at radius 3 is 2.77 bits per heavy atom. The minimum absolute atomic E-state index is 0.0136. The van der Waals surface area contributed by atoms with Crippen LogP contribution < -0.4 is 10.6 Å². The zero-order chi connectivity index (χ0) is 15.2. The summed E-state index contributed by atoms with van der Waals surface area (Å²) in [6.07, 6.45) is 6.37. The average molecular weight is 296 g/mol. The van der Waals surface area contributed by atoms with Gasteiger partial charge in [-0.3, -0.25) is 4.79 Å². The maximum Gasteiger partial charge on any atom is 0.261 e. The van der Waals surface area contributed by atoms with Crippen LogP contribution in [0.5, 0.6) is 0 Å². The number of carbonyl (C=O) groups is 1. The number of rotatable bonds is 2. The van der Waals surface area contributed by atoms with Crippen LogP contribution in [0.3, 0.4) is 0 Å². The summed E-state index contributed by atoms with van der Waals surface area (Å²) >= 11 is 0. The van der Waals surface area contributed by atoms with Crippen molar-refractivity contribution in [3.8, 4) is 0 Å². The standard InChI is InChI=1S/C18H20N2O2/c19-10-14-9-13(11-22-14)17(21)20-12-18(7-3-4-8-18)15-5-1-2-6-16(15)20/h1-2,5-6,9,11H,3-4,7-8,10,12,19H2. The minimum atomic E-state index is 0.0136. The summed E-state index contributed by atoms with van der Waals surface area (Å²) in [4.78, 5) is 14.8. The van der Waals surface area contributed by atoms with E-state index >= 15 is 0 Å². The lowest BCUT2D eigenvalue weighted by molar-refractivity contribution is 0.0984. The first-order chi connectivity index (χ1) is 10.7. The van der Waals surface area contributed by atoms with Gasteiger partial charge in [0.05, 0.1) is 12.1 Å². The summed E-state index contributed by atoms with van der Waals surface area (Å²) in [5, 5.41) is 0. The SMILES string of the molecule is NCc1cc(C(=O)N2CC3(CCCC3)c3ccccc32)co1. The minimum Gasteiger partial charge on any atom is -0.467 e. The van der Waals surface area contributed by atoms with Gasteiger partial charge in [-0.1, -0.05) is 31.0 Å². The summed E-state index contributed by atoms with van der Waals surface area (Å²) in [5.41, 5.74) is 8.71. The van der Waals surface area contributed by atoms with E-state index in [1.807, 2.05) is 11.0 Å². The van der Waals surface area contributed by atoms with Crippen molar-refractivity contribution < 1.29 is 9.21 Å². The number of hydrogen-bond acceptors (Lipinski definition) is 3. The highest BCUT2D eigenvalue weighted by Gasteiger charge is 2.46. The highest BCUT2D eigenvalue weighted by molar-refractivity contribution is 6.07. The number of fused-ring (bicyclic) bond motifs is 2. The fourth-order valence-corrected chi connectivity index (χ4v) is 4.05. The predicted octanol–water partition coefficient (Wildman–Crippen LogP) is 3.21. The molecular formula is C18H20N2O2. The van der Waals surface area contributed by atoms with Crippen molar-refractivity contribution >= 4 is 11.6 Å². The molecule has 1 amide bonds. The van der Waals surface area contributed by atoms with Crippen LogP contribution in [0.2, 0.25) is 0 Å². The summed E-state index contributed by atoms with van der Waals surface area (Å²) in [7, 11) is 0. The van der Waals surface area contributed by atoms with Crippen molar-refractivity contribution in [1.29, 1.82) is 0 Å². The molecule has 2 heterocycles. The second kappa shape index (κ2) is 4.99. The molecule has 114 valence electrons. The first-order valence-electron chi connectivity index (χ1n) is 7.92. The van der Waals surface area contributed by atoms with Crippen molar-refractivity contribution in [3.05, 3.63) is 53.5 Å². The number of anilines is 1. The van der Waals surface area contributed by atoms with E-state index in [0.717, 1.165) is 12.2 Å². The molecule has 0 atom stereocenters. The van der Waals surface area contributed by atoms with Crippen molar-refractivity contribution in [2.75, 3.05) is 11.4 Å². The van der Waals surface area contributed by atoms with E-state index in [0.29, 0.717) is 17.9 Å². The molecule has 1 fully saturated rings. The van der Waals surface area contributed by atoms with Crippen LogP contribution in [0.4, 0.5) is 5.69 Å². The van der Waals surface area contributed by atoms with Crippen LogP contribution in [0, 0.1) is 0 Å². The summed E-state index contributed by atoms with van der Waals surface area (Å²) in [5.74, 6) is 0.658. The van der Waals surface area contributed by atoms with Gasteiger partial charge in [-0.25, -0.2) is 0 Å². The molecule has 1 saturated carbocycles. The monoisotopic (exact) mass is 296 g/mol. The Morgan fingerprint density at radius 2 is 2.05 bits per heavy atom. The topological polar surface area (TPSA) is 59.5 Å². The number of furan rings is 1. The molecular weight excluding hydrogens is 276 g/mol. The largest absolute Gasteiger partial charge is 0.467 e. The zero-order valence-corrected chi connectivity index (χ0v) is 12.5. The normalized spacial score (nSPS) is 18.9. The van der Waals surface area contributed by atoms with Crippen LogP contribution in [-0.4, -0.2) is 12.5 Å². The highest BCUT2D eigenvalue weighted by atomic mass is 16.3. The molecule has 2 N–H and O–H groups in total. The number of nitrogens with zero attached hydrogens (tertiary/aromatic N) is 1. The maximum absolute atomic E-state index is 12.9. The Labute approximate surface area is 129 Å². The number of nitrogens with two attached hydrogens (primary N) is 1. The van der Waals surface area contributed by atoms with Gasteiger partial charge in [0.15, 0.2) is 0 Å². The van der Waals surface area contributed by atoms with Crippen molar-refractivity contribution in [1.82, 2.24) is 0 Å². The van der Waals surface area contributed by atoms with Crippen molar-refractivity contribution in [2.24, 2.45) is 5.73 Å². The molecule has 1 spiro atoms. The van der Waals surface area contributed by atoms with Crippen molar-refractivity contribution in [2.45, 2.75) is 37.6 Å². The molecule has 1 aromatic carbocycles. The summed E-state index contributed by atoms with van der Waals surface area (Å²) < 4.78 is 5.33. The van der Waals surface area contributed by atoms with Gasteiger partial charge in [-0.15, -0.1) is 0 Å². The van der Waals surface area contributed by atoms with Gasteiger partial charge < -0.3 is 15.1 Å². The third-order valence-corrected chi connectivity index (χ3v) is 5.13. The molecule has 0 bridgehead atoms. The lowest BCUT2D eigenvalue weighted by atomic mass is 9.81. The van der Waals surface area contributed by atoms with E-state index in [2.05, 4.69) is 18.2 Å². The molecule has 4 nitrogen and oxygen atoms in total. The third kappa shape index (κ3) is 1.91. The van der Waals surface area contributed by atoms with Gasteiger partial charge in [-0.2, -0.15) is 0 Å². The molecule has 22 heavy (non-hydrogen) atoms. The lowest BCUT2D eigenvalue weighted by Gasteiger charge is -2.24. The quantitative estimate of drug-likeness (QED) is 0.925. The predicted molar refractivity (Wildman–Crippen MR) is 84.9 cm³/mol. The first kappa shape index (κ1) is 13.6. The maximum atomic E-state index is 12.9. The Balaban J connectivity index is 1.72. The van der Waals surface area contributed by atoms with E-state index in [1.54, 1.807) is 6.07 Å². The molecule has 0 radical (unpaired) electrons. The fourth-order valence-electron chi connectivity index (χ4n) is 4.05. The van der Waals surface area contributed by atoms with Crippen LogP contribution in [0.1, 0.15) is 47.4 Å². The Hall–Kier alpha value is -2.07. The van der Waals surface area contributed by atoms with Gasteiger partial charge in [0.25, 0.3) is 5.91 Å². The van der Waals surface area contributed by atoms with Crippen molar-refractivity contribution in [3.63, 3.8) is 0 Å². The van der Waals surface area contributed by atoms with E-state index in [4.69, 9.17) is 10.2 Å². The van der Waals surface area contributed by atoms with Crippen LogP contribution >= 0.6 is 0 Å². The van der Waals surface area contributed by atoms with Crippen LogP contribution in [-0.2, 0) is 12.0 Å². The Morgan fingerprint density at radius 1 is 1.27 bits per heavy atom. The number of carbonyl (C=O) groups excluding carboxylic acids is 1. The van der Waals surface area contributed by atoms with Gasteiger partial charge in [0, 0.05) is 17.6 Å². The first-order valence-corrected chi connectivity index (χ1v) is 7.92. The Kier molecular flexibility index (Phi) is 3.08. The average Bonchev–Trinajstić information content (AvgIpc) is 3.28. The fraction of sp³-hybridized carbons (Fsp3) is 0.389. The molecule has 0 saturated heterocycles. The molecule has 0 unspecified atom stereocenters. The highest BCUT2D eigenvalue weighted by Crippen LogP contribution is 2.50. The van der Waals surface area contributed by atoms with Gasteiger partial charge >= 0.3 is 0 Å². The zero-order valence-electron chi connectivity index (χ0n) is 12.5. The van der Waals surface area contributed by atoms with E-state index < -0.39 is 0 Å². The van der Waals surface area contributed by atoms with Crippen LogP contribution in [0.15, 0.2) is 41.0 Å². The van der Waals surface area contributed by atoms with E-state index in [-0.39, 0.29) is 11.3 Å². The third-order valence-electron chi connectivity index (χ3n) is 5.13. The number of para-hydroxylation sites is 1. The summed E-state index contributed by atoms with van der Waals surface area (Å²) in [6.45, 7) is 1.10. The number of hydrogen-bond donors (Lipinski definition) is 1. The second-order valence-corrected chi connectivity index (χ2v) is 6.40. The van der Waals surface area contributed by atoms with Gasteiger partial charge in [0.2, 0.25) is 0 Å². The molecule has 2 aromatic rings. The smallest absolute Gasteiger partial charge is 0.261 e. The molecule has 4 rings (SSSR count). The number of benzene rings is 1. The summed E-state index contributed by atoms with van der Waals surface area (Å²) in [6, 6.07) is 10.1. The molecule has 4 heteroatoms. The van der Waals surface area contributed by atoms with E-state index in [9.17, 15) is 4.79 Å².